The van der Waals surface area contributed by atoms with Crippen molar-refractivity contribution >= 4 is 17.5 Å². The number of halogens is 1. The molecule has 2 aromatic heterocycles. The summed E-state index contributed by atoms with van der Waals surface area (Å²) in [6.07, 6.45) is 0. The second kappa shape index (κ2) is 7.44. The maximum Gasteiger partial charge on any atom is 0.271 e. The largest absolute Gasteiger partial charge is 0.496 e. The molecule has 0 spiro atoms. The van der Waals surface area contributed by atoms with Gasteiger partial charge in [-0.3, -0.25) is 14.6 Å². The number of carbonyl (C=O) groups is 1. The van der Waals surface area contributed by atoms with Gasteiger partial charge in [-0.25, -0.2) is 0 Å². The predicted octanol–water partition coefficient (Wildman–Crippen LogP) is 3.36. The molecule has 0 aliphatic carbocycles. The molecule has 142 valence electrons. The lowest BCUT2D eigenvalue weighted by atomic mass is 10.1. The van der Waals surface area contributed by atoms with Gasteiger partial charge in [0.1, 0.15) is 11.4 Å². The van der Waals surface area contributed by atoms with Crippen molar-refractivity contribution in [2.45, 2.75) is 20.4 Å². The van der Waals surface area contributed by atoms with Crippen LogP contribution in [-0.2, 0) is 13.6 Å². The summed E-state index contributed by atoms with van der Waals surface area (Å²) < 4.78 is 7.16. The van der Waals surface area contributed by atoms with Gasteiger partial charge in [0.2, 0.25) is 0 Å². The number of hydrogen-bond donors (Lipinski definition) is 1. The SMILES string of the molecule is COc1ccc(Cl)cc1CN(C)C(=O)c1cc(-c2c(C)nn(C)c2C)n[nH]1. The monoisotopic (exact) mass is 387 g/mol. The van der Waals surface area contributed by atoms with E-state index in [4.69, 9.17) is 16.3 Å². The van der Waals surface area contributed by atoms with Gasteiger partial charge in [0, 0.05) is 42.5 Å². The van der Waals surface area contributed by atoms with Crippen molar-refractivity contribution in [1.82, 2.24) is 24.9 Å². The Kier molecular flexibility index (Phi) is 5.23. The molecule has 0 fully saturated rings. The van der Waals surface area contributed by atoms with Crippen molar-refractivity contribution in [1.29, 1.82) is 0 Å². The van der Waals surface area contributed by atoms with Crippen LogP contribution in [0.1, 0.15) is 27.4 Å². The molecule has 2 heterocycles. The van der Waals surface area contributed by atoms with E-state index < -0.39 is 0 Å². The Bertz CT molecular complexity index is 992. The van der Waals surface area contributed by atoms with E-state index in [1.807, 2.05) is 20.9 Å². The predicted molar refractivity (Wildman–Crippen MR) is 104 cm³/mol. The number of rotatable bonds is 5. The van der Waals surface area contributed by atoms with E-state index in [1.165, 1.54) is 0 Å². The van der Waals surface area contributed by atoms with Crippen molar-refractivity contribution in [3.63, 3.8) is 0 Å². The first-order valence-electron chi connectivity index (χ1n) is 8.45. The molecule has 0 saturated carbocycles. The Balaban J connectivity index is 1.83. The van der Waals surface area contributed by atoms with Gasteiger partial charge >= 0.3 is 0 Å². The molecule has 0 aliphatic rings. The zero-order chi connectivity index (χ0) is 19.7. The Labute approximate surface area is 162 Å². The average molecular weight is 388 g/mol. The number of carbonyl (C=O) groups excluding carboxylic acids is 1. The van der Waals surface area contributed by atoms with Gasteiger partial charge in [0.15, 0.2) is 0 Å². The first-order chi connectivity index (χ1) is 12.8. The van der Waals surface area contributed by atoms with Crippen molar-refractivity contribution < 1.29 is 9.53 Å². The molecule has 0 saturated heterocycles. The third-order valence-corrected chi connectivity index (χ3v) is 4.81. The van der Waals surface area contributed by atoms with Crippen LogP contribution in [0.2, 0.25) is 5.02 Å². The molecule has 0 aliphatic heterocycles. The fourth-order valence-electron chi connectivity index (χ4n) is 3.11. The summed E-state index contributed by atoms with van der Waals surface area (Å²) in [5.41, 5.74) is 4.75. The molecule has 1 amide bonds. The zero-order valence-corrected chi connectivity index (χ0v) is 16.8. The number of aromatic nitrogens is 4. The number of methoxy groups -OCH3 is 1. The molecule has 1 aromatic carbocycles. The van der Waals surface area contributed by atoms with Crippen LogP contribution in [0.3, 0.4) is 0 Å². The molecule has 27 heavy (non-hydrogen) atoms. The van der Waals surface area contributed by atoms with Gasteiger partial charge in [-0.05, 0) is 38.1 Å². The van der Waals surface area contributed by atoms with E-state index in [0.717, 1.165) is 22.5 Å². The summed E-state index contributed by atoms with van der Waals surface area (Å²) in [5, 5.41) is 12.1. The van der Waals surface area contributed by atoms with Crippen molar-refractivity contribution in [2.75, 3.05) is 14.2 Å². The van der Waals surface area contributed by atoms with E-state index >= 15 is 0 Å². The van der Waals surface area contributed by atoms with Crippen LogP contribution in [0.5, 0.6) is 5.75 Å². The molecule has 0 unspecified atom stereocenters. The molecule has 7 nitrogen and oxygen atoms in total. The number of aromatic amines is 1. The number of nitrogens with zero attached hydrogens (tertiary/aromatic N) is 4. The zero-order valence-electron chi connectivity index (χ0n) is 16.0. The van der Waals surface area contributed by atoms with Crippen LogP contribution in [-0.4, -0.2) is 44.9 Å². The highest BCUT2D eigenvalue weighted by Crippen LogP contribution is 2.26. The molecule has 3 aromatic rings. The number of hydrogen-bond acceptors (Lipinski definition) is 4. The summed E-state index contributed by atoms with van der Waals surface area (Å²) in [7, 11) is 5.20. The van der Waals surface area contributed by atoms with E-state index in [2.05, 4.69) is 15.3 Å². The molecule has 1 N–H and O–H groups in total. The molecular weight excluding hydrogens is 366 g/mol. The Morgan fingerprint density at radius 2 is 2.07 bits per heavy atom. The average Bonchev–Trinajstić information content (AvgIpc) is 3.19. The maximum atomic E-state index is 12.8. The number of amides is 1. The summed E-state index contributed by atoms with van der Waals surface area (Å²) in [4.78, 5) is 14.4. The second-order valence-corrected chi connectivity index (χ2v) is 6.89. The molecule has 0 bridgehead atoms. The summed E-state index contributed by atoms with van der Waals surface area (Å²) >= 11 is 6.07. The molecule has 0 atom stereocenters. The Hall–Kier alpha value is -2.80. The van der Waals surface area contributed by atoms with Gasteiger partial charge in [-0.2, -0.15) is 10.2 Å². The van der Waals surface area contributed by atoms with Gasteiger partial charge in [-0.15, -0.1) is 0 Å². The first kappa shape index (κ1) is 19.0. The number of aryl methyl sites for hydroxylation is 2. The van der Waals surface area contributed by atoms with Gasteiger partial charge in [-0.1, -0.05) is 11.6 Å². The van der Waals surface area contributed by atoms with E-state index in [1.54, 1.807) is 48.0 Å². The van der Waals surface area contributed by atoms with Crippen molar-refractivity contribution in [2.24, 2.45) is 7.05 Å². The van der Waals surface area contributed by atoms with Gasteiger partial charge < -0.3 is 9.64 Å². The Morgan fingerprint density at radius 1 is 1.33 bits per heavy atom. The van der Waals surface area contributed by atoms with Crippen molar-refractivity contribution in [3.8, 4) is 17.0 Å². The second-order valence-electron chi connectivity index (χ2n) is 6.45. The van der Waals surface area contributed by atoms with Crippen molar-refractivity contribution in [3.05, 3.63) is 51.9 Å². The fraction of sp³-hybridized carbons (Fsp3) is 0.316. The lowest BCUT2D eigenvalue weighted by Gasteiger charge is -2.18. The molecule has 0 radical (unpaired) electrons. The fourth-order valence-corrected chi connectivity index (χ4v) is 3.30. The van der Waals surface area contributed by atoms with Gasteiger partial charge in [0.25, 0.3) is 5.91 Å². The Morgan fingerprint density at radius 3 is 2.70 bits per heavy atom. The highest BCUT2D eigenvalue weighted by Gasteiger charge is 2.20. The number of H-pyrrole nitrogens is 1. The normalized spacial score (nSPS) is 10.9. The van der Waals surface area contributed by atoms with Crippen LogP contribution < -0.4 is 4.74 Å². The van der Waals surface area contributed by atoms with Crippen LogP contribution in [0.25, 0.3) is 11.3 Å². The van der Waals surface area contributed by atoms with Crippen LogP contribution in [0.15, 0.2) is 24.3 Å². The number of benzene rings is 1. The lowest BCUT2D eigenvalue weighted by Crippen LogP contribution is -2.26. The van der Waals surface area contributed by atoms with Crippen LogP contribution in [0.4, 0.5) is 0 Å². The summed E-state index contributed by atoms with van der Waals surface area (Å²) in [6.45, 7) is 4.26. The first-order valence-corrected chi connectivity index (χ1v) is 8.83. The minimum atomic E-state index is -0.171. The minimum absolute atomic E-state index is 0.171. The number of ether oxygens (including phenoxy) is 1. The highest BCUT2D eigenvalue weighted by molar-refractivity contribution is 6.30. The highest BCUT2D eigenvalue weighted by atomic mass is 35.5. The smallest absolute Gasteiger partial charge is 0.271 e. The molecule has 8 heteroatoms. The third-order valence-electron chi connectivity index (χ3n) is 4.57. The molecular formula is C19H22ClN5O2. The minimum Gasteiger partial charge on any atom is -0.496 e. The van der Waals surface area contributed by atoms with E-state index in [-0.39, 0.29) is 5.91 Å². The quantitative estimate of drug-likeness (QED) is 0.728. The van der Waals surface area contributed by atoms with E-state index in [9.17, 15) is 4.79 Å². The molecule has 3 rings (SSSR count). The maximum absolute atomic E-state index is 12.8. The van der Waals surface area contributed by atoms with Crippen LogP contribution >= 0.6 is 11.6 Å². The summed E-state index contributed by atoms with van der Waals surface area (Å²) in [5.74, 6) is 0.515. The third kappa shape index (κ3) is 3.68. The van der Waals surface area contributed by atoms with Gasteiger partial charge in [0.05, 0.1) is 18.5 Å². The van der Waals surface area contributed by atoms with E-state index in [0.29, 0.717) is 28.7 Å². The standard InChI is InChI=1S/C19H22ClN5O2/c1-11-18(12(2)25(4)23-11)15-9-16(22-21-15)19(26)24(3)10-13-8-14(20)6-7-17(13)27-5/h6-9H,10H2,1-5H3,(H,21,22). The van der Waals surface area contributed by atoms with Crippen LogP contribution in [0, 0.1) is 13.8 Å². The summed E-state index contributed by atoms with van der Waals surface area (Å²) in [6, 6.07) is 7.10. The lowest BCUT2D eigenvalue weighted by molar-refractivity contribution is 0.0778. The topological polar surface area (TPSA) is 76.0 Å². The number of nitrogens with one attached hydrogen (secondary N) is 1.